The number of hydrogen-bond acceptors (Lipinski definition) is 4. The topological polar surface area (TPSA) is 43.4 Å². The molecule has 0 spiro atoms. The van der Waals surface area contributed by atoms with Gasteiger partial charge in [0.15, 0.2) is 0 Å². The van der Waals surface area contributed by atoms with Crippen molar-refractivity contribution in [1.29, 1.82) is 0 Å². The second-order valence-corrected chi connectivity index (χ2v) is 8.45. The number of nitrogens with one attached hydrogen (secondary N) is 1. The Labute approximate surface area is 201 Å². The van der Waals surface area contributed by atoms with Crippen molar-refractivity contribution in [2.75, 3.05) is 12.4 Å². The standard InChI is InChI=1S/C27H20Cl2N2O2/c1-16-13-24(21-15-19(32-2)9-10-23(21)30-16)31-18-8-12-25(22(28)14-18)33-26-11-7-17-5-3-4-6-20(17)27(26)29/h3-15H,1-2H3,(H,30,31). The van der Waals surface area contributed by atoms with Gasteiger partial charge in [0.05, 0.1) is 22.7 Å². The quantitative estimate of drug-likeness (QED) is 0.277. The maximum absolute atomic E-state index is 6.58. The Morgan fingerprint density at radius 3 is 2.45 bits per heavy atom. The van der Waals surface area contributed by atoms with Crippen molar-refractivity contribution in [2.24, 2.45) is 0 Å². The fourth-order valence-corrected chi connectivity index (χ4v) is 4.29. The second-order valence-electron chi connectivity index (χ2n) is 7.67. The van der Waals surface area contributed by atoms with E-state index in [1.807, 2.05) is 85.8 Å². The summed E-state index contributed by atoms with van der Waals surface area (Å²) in [5.41, 5.74) is 3.54. The number of hydrogen-bond donors (Lipinski definition) is 1. The second kappa shape index (κ2) is 8.81. The molecular weight excluding hydrogens is 455 g/mol. The van der Waals surface area contributed by atoms with Gasteiger partial charge in [0, 0.05) is 27.8 Å². The molecule has 0 saturated carbocycles. The lowest BCUT2D eigenvalue weighted by Gasteiger charge is -2.14. The maximum atomic E-state index is 6.58. The minimum Gasteiger partial charge on any atom is -0.497 e. The van der Waals surface area contributed by atoms with Crippen LogP contribution in [0.5, 0.6) is 17.2 Å². The molecule has 1 N–H and O–H groups in total. The number of methoxy groups -OCH3 is 1. The largest absolute Gasteiger partial charge is 0.497 e. The minimum atomic E-state index is 0.469. The molecular formula is C27H20Cl2N2O2. The SMILES string of the molecule is COc1ccc2nc(C)cc(Nc3ccc(Oc4ccc5ccccc5c4Cl)c(Cl)c3)c2c1. The van der Waals surface area contributed by atoms with E-state index in [4.69, 9.17) is 32.7 Å². The number of rotatable bonds is 5. The van der Waals surface area contributed by atoms with Crippen molar-refractivity contribution < 1.29 is 9.47 Å². The average Bonchev–Trinajstić information content (AvgIpc) is 2.82. The monoisotopic (exact) mass is 474 g/mol. The van der Waals surface area contributed by atoms with Crippen molar-refractivity contribution in [3.63, 3.8) is 0 Å². The van der Waals surface area contributed by atoms with E-state index in [1.165, 1.54) is 0 Å². The Bertz CT molecular complexity index is 1500. The van der Waals surface area contributed by atoms with Crippen LogP contribution in [-0.4, -0.2) is 12.1 Å². The summed E-state index contributed by atoms with van der Waals surface area (Å²) in [4.78, 5) is 4.61. The molecule has 0 radical (unpaired) electrons. The van der Waals surface area contributed by atoms with Crippen LogP contribution in [-0.2, 0) is 0 Å². The number of ether oxygens (including phenoxy) is 2. The van der Waals surface area contributed by atoms with Crippen LogP contribution in [0.3, 0.4) is 0 Å². The van der Waals surface area contributed by atoms with E-state index in [0.29, 0.717) is 21.5 Å². The first-order chi connectivity index (χ1) is 16.0. The first-order valence-corrected chi connectivity index (χ1v) is 11.1. The van der Waals surface area contributed by atoms with Crippen molar-refractivity contribution in [3.05, 3.63) is 94.6 Å². The van der Waals surface area contributed by atoms with E-state index < -0.39 is 0 Å². The van der Waals surface area contributed by atoms with E-state index >= 15 is 0 Å². The van der Waals surface area contributed by atoms with Gasteiger partial charge in [-0.3, -0.25) is 4.98 Å². The molecule has 1 heterocycles. The van der Waals surface area contributed by atoms with E-state index in [9.17, 15) is 0 Å². The summed E-state index contributed by atoms with van der Waals surface area (Å²) in [6, 6.07) is 25.1. The summed E-state index contributed by atoms with van der Waals surface area (Å²) >= 11 is 13.2. The predicted molar refractivity (Wildman–Crippen MR) is 137 cm³/mol. The highest BCUT2D eigenvalue weighted by Crippen LogP contribution is 2.39. The first-order valence-electron chi connectivity index (χ1n) is 10.4. The molecule has 4 nitrogen and oxygen atoms in total. The fraction of sp³-hybridized carbons (Fsp3) is 0.0741. The van der Waals surface area contributed by atoms with Gasteiger partial charge in [0.2, 0.25) is 0 Å². The lowest BCUT2D eigenvalue weighted by Crippen LogP contribution is -1.96. The molecule has 5 rings (SSSR count). The third kappa shape index (κ3) is 4.28. The lowest BCUT2D eigenvalue weighted by molar-refractivity contribution is 0.415. The number of aryl methyl sites for hydroxylation is 1. The molecule has 0 fully saturated rings. The Kier molecular flexibility index (Phi) is 5.71. The van der Waals surface area contributed by atoms with Gasteiger partial charge in [-0.15, -0.1) is 0 Å². The average molecular weight is 475 g/mol. The fourth-order valence-electron chi connectivity index (χ4n) is 3.80. The van der Waals surface area contributed by atoms with Crippen LogP contribution >= 0.6 is 23.2 Å². The highest BCUT2D eigenvalue weighted by Gasteiger charge is 2.12. The smallest absolute Gasteiger partial charge is 0.146 e. The van der Waals surface area contributed by atoms with Crippen molar-refractivity contribution in [2.45, 2.75) is 6.92 Å². The summed E-state index contributed by atoms with van der Waals surface area (Å²) in [7, 11) is 1.65. The number of halogens is 2. The summed E-state index contributed by atoms with van der Waals surface area (Å²) in [5, 5.41) is 7.41. The molecule has 0 unspecified atom stereocenters. The highest BCUT2D eigenvalue weighted by molar-refractivity contribution is 6.37. The van der Waals surface area contributed by atoms with E-state index in [-0.39, 0.29) is 0 Å². The number of benzene rings is 4. The Morgan fingerprint density at radius 1 is 0.818 bits per heavy atom. The normalized spacial score (nSPS) is 11.0. The molecule has 164 valence electrons. The summed E-state index contributed by atoms with van der Waals surface area (Å²) in [6.45, 7) is 1.96. The number of nitrogens with zero attached hydrogens (tertiary/aromatic N) is 1. The van der Waals surface area contributed by atoms with Gasteiger partial charge in [0.1, 0.15) is 17.2 Å². The molecule has 0 aliphatic rings. The van der Waals surface area contributed by atoms with Crippen LogP contribution < -0.4 is 14.8 Å². The van der Waals surface area contributed by atoms with Crippen LogP contribution in [0, 0.1) is 6.92 Å². The minimum absolute atomic E-state index is 0.469. The zero-order valence-corrected chi connectivity index (χ0v) is 19.5. The molecule has 0 saturated heterocycles. The molecule has 6 heteroatoms. The number of pyridine rings is 1. The van der Waals surface area contributed by atoms with Crippen molar-refractivity contribution >= 4 is 56.3 Å². The van der Waals surface area contributed by atoms with Crippen molar-refractivity contribution in [1.82, 2.24) is 4.98 Å². The van der Waals surface area contributed by atoms with Gasteiger partial charge in [-0.2, -0.15) is 0 Å². The molecule has 4 aromatic carbocycles. The van der Waals surface area contributed by atoms with Gasteiger partial charge < -0.3 is 14.8 Å². The van der Waals surface area contributed by atoms with Gasteiger partial charge in [-0.1, -0.05) is 53.5 Å². The summed E-state index contributed by atoms with van der Waals surface area (Å²) in [6.07, 6.45) is 0. The van der Waals surface area contributed by atoms with E-state index in [0.717, 1.165) is 44.5 Å². The number of anilines is 2. The Balaban J connectivity index is 1.45. The zero-order valence-electron chi connectivity index (χ0n) is 18.0. The summed E-state index contributed by atoms with van der Waals surface area (Å²) in [5.74, 6) is 1.85. The maximum Gasteiger partial charge on any atom is 0.146 e. The third-order valence-corrected chi connectivity index (χ3v) is 6.09. The predicted octanol–water partition coefficient (Wildman–Crippen LogP) is 8.55. The summed E-state index contributed by atoms with van der Waals surface area (Å²) < 4.78 is 11.4. The Morgan fingerprint density at radius 2 is 1.64 bits per heavy atom. The van der Waals surface area contributed by atoms with E-state index in [1.54, 1.807) is 7.11 Å². The molecule has 0 atom stereocenters. The van der Waals surface area contributed by atoms with Gasteiger partial charge in [0.25, 0.3) is 0 Å². The van der Waals surface area contributed by atoms with E-state index in [2.05, 4.69) is 10.3 Å². The molecule has 0 amide bonds. The molecule has 0 aliphatic carbocycles. The van der Waals surface area contributed by atoms with Gasteiger partial charge >= 0.3 is 0 Å². The number of fused-ring (bicyclic) bond motifs is 2. The van der Waals surface area contributed by atoms with Crippen LogP contribution in [0.15, 0.2) is 78.9 Å². The zero-order chi connectivity index (χ0) is 22.9. The molecule has 0 bridgehead atoms. The molecule has 5 aromatic rings. The first kappa shape index (κ1) is 21.4. The van der Waals surface area contributed by atoms with Crippen LogP contribution in [0.2, 0.25) is 10.0 Å². The number of aromatic nitrogens is 1. The third-order valence-electron chi connectivity index (χ3n) is 5.40. The lowest BCUT2D eigenvalue weighted by atomic mass is 10.1. The molecule has 1 aromatic heterocycles. The van der Waals surface area contributed by atoms with Crippen molar-refractivity contribution in [3.8, 4) is 17.2 Å². The van der Waals surface area contributed by atoms with Crippen LogP contribution in [0.4, 0.5) is 11.4 Å². The van der Waals surface area contributed by atoms with Crippen LogP contribution in [0.1, 0.15) is 5.69 Å². The van der Waals surface area contributed by atoms with Gasteiger partial charge in [-0.25, -0.2) is 0 Å². The van der Waals surface area contributed by atoms with Crippen LogP contribution in [0.25, 0.3) is 21.7 Å². The van der Waals surface area contributed by atoms with Gasteiger partial charge in [-0.05, 0) is 60.8 Å². The highest BCUT2D eigenvalue weighted by atomic mass is 35.5. The molecule has 33 heavy (non-hydrogen) atoms. The Hall–Kier alpha value is -3.47. The molecule has 0 aliphatic heterocycles.